The summed E-state index contributed by atoms with van der Waals surface area (Å²) in [6.07, 6.45) is 11.9. The Balaban J connectivity index is 1.97. The van der Waals surface area contributed by atoms with Gasteiger partial charge < -0.3 is 9.88 Å². The molecule has 1 aromatic heterocycles. The van der Waals surface area contributed by atoms with E-state index in [0.717, 1.165) is 19.0 Å². The van der Waals surface area contributed by atoms with Crippen LogP contribution in [0, 0.1) is 5.92 Å². The second-order valence-electron chi connectivity index (χ2n) is 5.54. The highest BCUT2D eigenvalue weighted by molar-refractivity contribution is 5.07. The van der Waals surface area contributed by atoms with E-state index in [4.69, 9.17) is 0 Å². The van der Waals surface area contributed by atoms with Crippen LogP contribution in [0.2, 0.25) is 0 Å². The number of unbranched alkanes of at least 4 members (excludes halogenated alkanes) is 1. The second-order valence-corrected chi connectivity index (χ2v) is 5.54. The van der Waals surface area contributed by atoms with Crippen LogP contribution in [0.4, 0.5) is 0 Å². The van der Waals surface area contributed by atoms with Gasteiger partial charge in [-0.3, -0.25) is 0 Å². The molecule has 1 aromatic rings. The molecule has 2 heterocycles. The fourth-order valence-electron chi connectivity index (χ4n) is 2.91. The molecule has 0 spiro atoms. The Kier molecular flexibility index (Phi) is 5.24. The molecule has 0 saturated carbocycles. The lowest BCUT2D eigenvalue weighted by Crippen LogP contribution is -2.19. The van der Waals surface area contributed by atoms with E-state index in [1.165, 1.54) is 44.2 Å². The fraction of sp³-hybridized carbons (Fsp3) is 0.800. The summed E-state index contributed by atoms with van der Waals surface area (Å²) >= 11 is 0. The van der Waals surface area contributed by atoms with Crippen molar-refractivity contribution < 1.29 is 0 Å². The first-order chi connectivity index (χ1) is 8.85. The molecule has 2 rings (SSSR count). The van der Waals surface area contributed by atoms with Crippen LogP contribution in [0.25, 0.3) is 0 Å². The van der Waals surface area contributed by atoms with E-state index in [2.05, 4.69) is 34.9 Å². The molecule has 0 bridgehead atoms. The lowest BCUT2D eigenvalue weighted by Gasteiger charge is -2.19. The topological polar surface area (TPSA) is 29.9 Å². The average Bonchev–Trinajstić information content (AvgIpc) is 3.04. The Morgan fingerprint density at radius 2 is 2.39 bits per heavy atom. The maximum atomic E-state index is 4.36. The van der Waals surface area contributed by atoms with Crippen molar-refractivity contribution in [2.45, 2.75) is 65.0 Å². The van der Waals surface area contributed by atoms with Gasteiger partial charge >= 0.3 is 0 Å². The van der Waals surface area contributed by atoms with Gasteiger partial charge in [-0.25, -0.2) is 4.98 Å². The van der Waals surface area contributed by atoms with Crippen LogP contribution in [0.1, 0.15) is 64.1 Å². The SMILES string of the molecule is CCCCC(CC)Cn1cncc1[C@@H]1CCCN1. The van der Waals surface area contributed by atoms with Gasteiger partial charge in [-0.2, -0.15) is 0 Å². The van der Waals surface area contributed by atoms with Crippen molar-refractivity contribution in [3.8, 4) is 0 Å². The van der Waals surface area contributed by atoms with Crippen molar-refractivity contribution in [2.75, 3.05) is 6.54 Å². The number of hydrogen-bond donors (Lipinski definition) is 1. The Hall–Kier alpha value is -0.830. The first kappa shape index (κ1) is 13.6. The third kappa shape index (κ3) is 3.35. The molecule has 3 nitrogen and oxygen atoms in total. The minimum atomic E-state index is 0.538. The third-order valence-electron chi connectivity index (χ3n) is 4.16. The molecule has 1 fully saturated rings. The van der Waals surface area contributed by atoms with Crippen LogP contribution >= 0.6 is 0 Å². The zero-order valence-electron chi connectivity index (χ0n) is 11.9. The van der Waals surface area contributed by atoms with E-state index in [1.54, 1.807) is 0 Å². The molecule has 1 aliphatic heterocycles. The summed E-state index contributed by atoms with van der Waals surface area (Å²) in [5.74, 6) is 0.805. The second kappa shape index (κ2) is 6.93. The third-order valence-corrected chi connectivity index (χ3v) is 4.16. The predicted molar refractivity (Wildman–Crippen MR) is 75.5 cm³/mol. The molecular weight excluding hydrogens is 222 g/mol. The van der Waals surface area contributed by atoms with E-state index in [-0.39, 0.29) is 0 Å². The molecule has 18 heavy (non-hydrogen) atoms. The lowest BCUT2D eigenvalue weighted by molar-refractivity contribution is 0.379. The predicted octanol–water partition coefficient (Wildman–Crippen LogP) is 3.52. The molecule has 1 aliphatic rings. The Morgan fingerprint density at radius 1 is 1.50 bits per heavy atom. The average molecular weight is 249 g/mol. The van der Waals surface area contributed by atoms with E-state index in [1.807, 2.05) is 6.33 Å². The normalized spacial score (nSPS) is 21.3. The van der Waals surface area contributed by atoms with Crippen LogP contribution < -0.4 is 5.32 Å². The largest absolute Gasteiger partial charge is 0.333 e. The Morgan fingerprint density at radius 3 is 3.06 bits per heavy atom. The number of hydrogen-bond acceptors (Lipinski definition) is 2. The van der Waals surface area contributed by atoms with Gasteiger partial charge in [-0.15, -0.1) is 0 Å². The quantitative estimate of drug-likeness (QED) is 0.801. The fourth-order valence-corrected chi connectivity index (χ4v) is 2.91. The van der Waals surface area contributed by atoms with E-state index in [9.17, 15) is 0 Å². The van der Waals surface area contributed by atoms with Crippen molar-refractivity contribution >= 4 is 0 Å². The van der Waals surface area contributed by atoms with Crippen LogP contribution in [-0.4, -0.2) is 16.1 Å². The van der Waals surface area contributed by atoms with Gasteiger partial charge in [0.2, 0.25) is 0 Å². The molecule has 0 radical (unpaired) electrons. The summed E-state index contributed by atoms with van der Waals surface area (Å²) in [5.41, 5.74) is 1.39. The first-order valence-corrected chi connectivity index (χ1v) is 7.58. The van der Waals surface area contributed by atoms with Gasteiger partial charge in [-0.1, -0.05) is 33.1 Å². The number of nitrogens with one attached hydrogen (secondary N) is 1. The summed E-state index contributed by atoms with van der Waals surface area (Å²) in [5, 5.41) is 3.57. The molecule has 102 valence electrons. The van der Waals surface area contributed by atoms with Gasteiger partial charge in [0.25, 0.3) is 0 Å². The summed E-state index contributed by atoms with van der Waals surface area (Å²) < 4.78 is 2.38. The molecule has 0 aliphatic carbocycles. The molecule has 0 aromatic carbocycles. The minimum Gasteiger partial charge on any atom is -0.333 e. The molecule has 1 saturated heterocycles. The van der Waals surface area contributed by atoms with Crippen LogP contribution in [0.15, 0.2) is 12.5 Å². The first-order valence-electron chi connectivity index (χ1n) is 7.58. The van der Waals surface area contributed by atoms with Crippen molar-refractivity contribution in [3.63, 3.8) is 0 Å². The number of nitrogens with zero attached hydrogens (tertiary/aromatic N) is 2. The van der Waals surface area contributed by atoms with Gasteiger partial charge in [0, 0.05) is 18.8 Å². The Labute approximate surface area is 111 Å². The molecule has 1 N–H and O–H groups in total. The van der Waals surface area contributed by atoms with Crippen LogP contribution in [0.3, 0.4) is 0 Å². The zero-order chi connectivity index (χ0) is 12.8. The van der Waals surface area contributed by atoms with Crippen molar-refractivity contribution in [1.29, 1.82) is 0 Å². The molecule has 3 heteroatoms. The van der Waals surface area contributed by atoms with Crippen LogP contribution in [-0.2, 0) is 6.54 Å². The van der Waals surface area contributed by atoms with Crippen LogP contribution in [0.5, 0.6) is 0 Å². The number of aromatic nitrogens is 2. The monoisotopic (exact) mass is 249 g/mol. The highest BCUT2D eigenvalue weighted by Gasteiger charge is 2.20. The van der Waals surface area contributed by atoms with E-state index in [0.29, 0.717) is 6.04 Å². The smallest absolute Gasteiger partial charge is 0.0948 e. The summed E-state index contributed by atoms with van der Waals surface area (Å²) in [4.78, 5) is 4.36. The highest BCUT2D eigenvalue weighted by atomic mass is 15.1. The van der Waals surface area contributed by atoms with E-state index < -0.39 is 0 Å². The minimum absolute atomic E-state index is 0.538. The Bertz CT molecular complexity index is 339. The van der Waals surface area contributed by atoms with Crippen molar-refractivity contribution in [2.24, 2.45) is 5.92 Å². The van der Waals surface area contributed by atoms with Gasteiger partial charge in [-0.05, 0) is 31.7 Å². The van der Waals surface area contributed by atoms with Gasteiger partial charge in [0.05, 0.1) is 12.0 Å². The van der Waals surface area contributed by atoms with Gasteiger partial charge in [0.15, 0.2) is 0 Å². The van der Waals surface area contributed by atoms with Gasteiger partial charge in [0.1, 0.15) is 0 Å². The maximum absolute atomic E-state index is 4.36. The molecule has 0 amide bonds. The van der Waals surface area contributed by atoms with Crippen molar-refractivity contribution in [3.05, 3.63) is 18.2 Å². The summed E-state index contributed by atoms with van der Waals surface area (Å²) in [7, 11) is 0. The van der Waals surface area contributed by atoms with E-state index >= 15 is 0 Å². The summed E-state index contributed by atoms with van der Waals surface area (Å²) in [6, 6.07) is 0.538. The molecular formula is C15H27N3. The number of imidazole rings is 1. The maximum Gasteiger partial charge on any atom is 0.0948 e. The zero-order valence-corrected chi connectivity index (χ0v) is 11.9. The number of rotatable bonds is 7. The lowest BCUT2D eigenvalue weighted by atomic mass is 9.99. The standard InChI is InChI=1S/C15H27N3/c1-3-5-7-13(4-2)11-18-12-16-10-15(18)14-8-6-9-17-14/h10,12-14,17H,3-9,11H2,1-2H3/t13?,14-/m0/s1. The molecule has 2 atom stereocenters. The van der Waals surface area contributed by atoms with Crippen molar-refractivity contribution in [1.82, 2.24) is 14.9 Å². The highest BCUT2D eigenvalue weighted by Crippen LogP contribution is 2.24. The molecule has 1 unspecified atom stereocenters. The summed E-state index contributed by atoms with van der Waals surface area (Å²) in [6.45, 7) is 6.88.